The lowest BCUT2D eigenvalue weighted by Gasteiger charge is -2.11. The average molecular weight is 296 g/mol. The largest absolute Gasteiger partial charge is 0.493 e. The monoisotopic (exact) mass is 295 g/mol. The summed E-state index contributed by atoms with van der Waals surface area (Å²) in [5.41, 5.74) is 2.42. The Balaban J connectivity index is 1.90. The molecule has 1 atom stereocenters. The fourth-order valence-corrected chi connectivity index (χ4v) is 3.16. The predicted molar refractivity (Wildman–Crippen MR) is 68.2 cm³/mol. The maximum Gasteiger partial charge on any atom is 0.223 e. The van der Waals surface area contributed by atoms with Crippen molar-refractivity contribution in [3.63, 3.8) is 0 Å². The molecule has 3 rings (SSSR count). The summed E-state index contributed by atoms with van der Waals surface area (Å²) >= 11 is 3.52. The van der Waals surface area contributed by atoms with Crippen LogP contribution in [0.3, 0.4) is 0 Å². The van der Waals surface area contributed by atoms with E-state index >= 15 is 0 Å². The summed E-state index contributed by atoms with van der Waals surface area (Å²) in [6.07, 6.45) is 2.69. The number of hydrogen-bond acceptors (Lipinski definition) is 2. The van der Waals surface area contributed by atoms with Gasteiger partial charge in [0.15, 0.2) is 0 Å². The number of benzene rings is 1. The van der Waals surface area contributed by atoms with Gasteiger partial charge >= 0.3 is 0 Å². The molecule has 2 aliphatic heterocycles. The Hall–Kier alpha value is -1.03. The van der Waals surface area contributed by atoms with Crippen LogP contribution in [0.2, 0.25) is 0 Å². The van der Waals surface area contributed by atoms with Crippen molar-refractivity contribution in [3.05, 3.63) is 27.7 Å². The Morgan fingerprint density at radius 2 is 2.35 bits per heavy atom. The van der Waals surface area contributed by atoms with Crippen molar-refractivity contribution >= 4 is 21.8 Å². The van der Waals surface area contributed by atoms with Crippen LogP contribution in [0.5, 0.6) is 5.75 Å². The first-order valence-electron chi connectivity index (χ1n) is 5.96. The molecule has 1 amide bonds. The molecule has 2 heterocycles. The second kappa shape index (κ2) is 4.33. The Labute approximate surface area is 109 Å². The van der Waals surface area contributed by atoms with E-state index in [4.69, 9.17) is 4.74 Å². The summed E-state index contributed by atoms with van der Waals surface area (Å²) in [5, 5.41) is 2.88. The number of ether oxygens (including phenoxy) is 1. The number of nitrogens with one attached hydrogen (secondary N) is 1. The van der Waals surface area contributed by atoms with Gasteiger partial charge in [0.05, 0.1) is 6.61 Å². The molecule has 1 saturated heterocycles. The van der Waals surface area contributed by atoms with Crippen LogP contribution < -0.4 is 10.1 Å². The number of hydrogen-bond donors (Lipinski definition) is 1. The van der Waals surface area contributed by atoms with E-state index in [2.05, 4.69) is 33.4 Å². The zero-order chi connectivity index (χ0) is 11.8. The maximum atomic E-state index is 11.6. The van der Waals surface area contributed by atoms with Gasteiger partial charge in [0.1, 0.15) is 5.75 Å². The van der Waals surface area contributed by atoms with E-state index in [9.17, 15) is 4.79 Å². The minimum atomic E-state index is 0.109. The zero-order valence-electron chi connectivity index (χ0n) is 9.46. The molecule has 1 unspecified atom stereocenters. The van der Waals surface area contributed by atoms with Crippen LogP contribution in [0.25, 0.3) is 0 Å². The molecule has 90 valence electrons. The molecule has 0 aromatic heterocycles. The summed E-state index contributed by atoms with van der Waals surface area (Å²) in [6, 6.07) is 4.19. The second-order valence-electron chi connectivity index (χ2n) is 4.63. The van der Waals surface area contributed by atoms with Gasteiger partial charge < -0.3 is 10.1 Å². The zero-order valence-corrected chi connectivity index (χ0v) is 11.0. The Morgan fingerprint density at radius 1 is 1.47 bits per heavy atom. The molecule has 3 nitrogen and oxygen atoms in total. The van der Waals surface area contributed by atoms with Gasteiger partial charge in [0.25, 0.3) is 0 Å². The van der Waals surface area contributed by atoms with E-state index in [1.807, 2.05) is 0 Å². The maximum absolute atomic E-state index is 11.6. The fraction of sp³-hybridized carbons (Fsp3) is 0.462. The van der Waals surface area contributed by atoms with E-state index in [1.165, 1.54) is 5.56 Å². The molecule has 0 radical (unpaired) electrons. The summed E-state index contributed by atoms with van der Waals surface area (Å²) in [4.78, 5) is 11.6. The molecule has 1 fully saturated rings. The minimum Gasteiger partial charge on any atom is -0.493 e. The molecular weight excluding hydrogens is 282 g/mol. The molecule has 0 bridgehead atoms. The average Bonchev–Trinajstić information content (AvgIpc) is 2.88. The lowest BCUT2D eigenvalue weighted by atomic mass is 9.96. The topological polar surface area (TPSA) is 38.3 Å². The highest BCUT2D eigenvalue weighted by molar-refractivity contribution is 9.10. The van der Waals surface area contributed by atoms with Crippen LogP contribution in [-0.2, 0) is 17.6 Å². The molecule has 0 spiro atoms. The molecule has 17 heavy (non-hydrogen) atoms. The van der Waals surface area contributed by atoms with Crippen LogP contribution in [0.15, 0.2) is 16.6 Å². The van der Waals surface area contributed by atoms with E-state index in [1.54, 1.807) is 0 Å². The van der Waals surface area contributed by atoms with Crippen molar-refractivity contribution in [2.75, 3.05) is 13.2 Å². The highest BCUT2D eigenvalue weighted by Crippen LogP contribution is 2.35. The van der Waals surface area contributed by atoms with Crippen LogP contribution in [0, 0.1) is 5.92 Å². The number of fused-ring (bicyclic) bond motifs is 1. The van der Waals surface area contributed by atoms with Crippen molar-refractivity contribution in [1.29, 1.82) is 0 Å². The van der Waals surface area contributed by atoms with E-state index < -0.39 is 0 Å². The number of carbonyl (C=O) groups excluding carboxylic acids is 1. The van der Waals surface area contributed by atoms with Crippen molar-refractivity contribution < 1.29 is 9.53 Å². The normalized spacial score (nSPS) is 22.2. The summed E-state index contributed by atoms with van der Waals surface area (Å²) in [6.45, 7) is 1.57. The van der Waals surface area contributed by atoms with Gasteiger partial charge in [-0.3, -0.25) is 4.79 Å². The number of halogens is 1. The second-order valence-corrected chi connectivity index (χ2v) is 5.55. The van der Waals surface area contributed by atoms with Gasteiger partial charge in [0.2, 0.25) is 5.91 Å². The van der Waals surface area contributed by atoms with Crippen molar-refractivity contribution in [2.45, 2.75) is 19.3 Å². The van der Waals surface area contributed by atoms with E-state index in [0.717, 1.165) is 48.2 Å². The molecule has 1 aromatic carbocycles. The summed E-state index contributed by atoms with van der Waals surface area (Å²) in [5.74, 6) is 1.29. The van der Waals surface area contributed by atoms with Gasteiger partial charge in [0, 0.05) is 23.4 Å². The van der Waals surface area contributed by atoms with E-state index in [0.29, 0.717) is 0 Å². The smallest absolute Gasteiger partial charge is 0.223 e. The molecular formula is C13H14BrNO2. The quantitative estimate of drug-likeness (QED) is 0.907. The Morgan fingerprint density at radius 3 is 3.12 bits per heavy atom. The Kier molecular flexibility index (Phi) is 2.82. The first-order chi connectivity index (χ1) is 8.24. The predicted octanol–water partition coefficient (Wildman–Crippen LogP) is 2.06. The lowest BCUT2D eigenvalue weighted by molar-refractivity contribution is -0.122. The lowest BCUT2D eigenvalue weighted by Crippen LogP contribution is -2.20. The Bertz CT molecular complexity index is 473. The number of carbonyl (C=O) groups is 1. The van der Waals surface area contributed by atoms with Crippen molar-refractivity contribution in [2.24, 2.45) is 5.92 Å². The van der Waals surface area contributed by atoms with Gasteiger partial charge in [-0.2, -0.15) is 0 Å². The highest BCUT2D eigenvalue weighted by Gasteiger charge is 2.27. The number of rotatable bonds is 2. The number of amides is 1. The standard InChI is InChI=1S/C13H14BrNO2/c14-11-6-8-2-4-17-12(8)10(7-11)5-9-1-3-15-13(9)16/h6-7,9H,1-5H2,(H,15,16). The van der Waals surface area contributed by atoms with Crippen LogP contribution in [0.4, 0.5) is 0 Å². The van der Waals surface area contributed by atoms with Gasteiger partial charge in [-0.05, 0) is 36.1 Å². The molecule has 2 aliphatic rings. The molecule has 4 heteroatoms. The first-order valence-corrected chi connectivity index (χ1v) is 6.75. The third-order valence-corrected chi connectivity index (χ3v) is 3.91. The van der Waals surface area contributed by atoms with Crippen LogP contribution >= 0.6 is 15.9 Å². The third kappa shape index (κ3) is 2.06. The highest BCUT2D eigenvalue weighted by atomic mass is 79.9. The van der Waals surface area contributed by atoms with Crippen molar-refractivity contribution in [1.82, 2.24) is 5.32 Å². The molecule has 0 aliphatic carbocycles. The molecule has 1 N–H and O–H groups in total. The molecule has 0 saturated carbocycles. The van der Waals surface area contributed by atoms with E-state index in [-0.39, 0.29) is 11.8 Å². The van der Waals surface area contributed by atoms with Crippen LogP contribution in [0.1, 0.15) is 17.5 Å². The van der Waals surface area contributed by atoms with Crippen LogP contribution in [-0.4, -0.2) is 19.1 Å². The fourth-order valence-electron chi connectivity index (χ4n) is 2.60. The van der Waals surface area contributed by atoms with Gasteiger partial charge in [-0.25, -0.2) is 0 Å². The van der Waals surface area contributed by atoms with Crippen molar-refractivity contribution in [3.8, 4) is 5.75 Å². The minimum absolute atomic E-state index is 0.109. The van der Waals surface area contributed by atoms with Gasteiger partial charge in [-0.1, -0.05) is 15.9 Å². The SMILES string of the molecule is O=C1NCCC1Cc1cc(Br)cc2c1OCC2. The third-order valence-electron chi connectivity index (χ3n) is 3.45. The summed E-state index contributed by atoms with van der Waals surface area (Å²) in [7, 11) is 0. The van der Waals surface area contributed by atoms with Gasteiger partial charge in [-0.15, -0.1) is 0 Å². The summed E-state index contributed by atoms with van der Waals surface area (Å²) < 4.78 is 6.76. The first kappa shape index (κ1) is 11.1. The molecule has 1 aromatic rings.